The van der Waals surface area contributed by atoms with Crippen LogP contribution in [0.1, 0.15) is 30.1 Å². The SMILES string of the molecule is C[C@H]1CCCN(c2ccc(C(=O)Nc3ccccc3OC(F)F)cc2[N+](=O)[O-])C1. The maximum absolute atomic E-state index is 12.6. The van der Waals surface area contributed by atoms with Crippen molar-refractivity contribution in [1.82, 2.24) is 0 Å². The van der Waals surface area contributed by atoms with E-state index in [4.69, 9.17) is 0 Å². The number of para-hydroxylation sites is 2. The number of benzene rings is 2. The molecule has 1 heterocycles. The smallest absolute Gasteiger partial charge is 0.387 e. The molecule has 1 N–H and O–H groups in total. The van der Waals surface area contributed by atoms with Crippen molar-refractivity contribution in [3.63, 3.8) is 0 Å². The Morgan fingerprint density at radius 3 is 2.76 bits per heavy atom. The fourth-order valence-electron chi connectivity index (χ4n) is 3.45. The average molecular weight is 405 g/mol. The summed E-state index contributed by atoms with van der Waals surface area (Å²) < 4.78 is 29.5. The molecule has 1 fully saturated rings. The predicted molar refractivity (Wildman–Crippen MR) is 105 cm³/mol. The second kappa shape index (κ2) is 8.85. The first-order chi connectivity index (χ1) is 13.8. The Labute approximate surface area is 166 Å². The van der Waals surface area contributed by atoms with Gasteiger partial charge in [0.05, 0.1) is 10.6 Å². The molecule has 29 heavy (non-hydrogen) atoms. The van der Waals surface area contributed by atoms with Gasteiger partial charge in [0.15, 0.2) is 0 Å². The highest BCUT2D eigenvalue weighted by molar-refractivity contribution is 6.05. The topological polar surface area (TPSA) is 84.7 Å². The Kier molecular flexibility index (Phi) is 6.26. The van der Waals surface area contributed by atoms with Crippen molar-refractivity contribution in [2.75, 3.05) is 23.3 Å². The number of nitro benzene ring substituents is 1. The van der Waals surface area contributed by atoms with E-state index >= 15 is 0 Å². The van der Waals surface area contributed by atoms with Crippen molar-refractivity contribution < 1.29 is 23.2 Å². The van der Waals surface area contributed by atoms with Gasteiger partial charge in [-0.3, -0.25) is 14.9 Å². The number of hydrogen-bond acceptors (Lipinski definition) is 5. The van der Waals surface area contributed by atoms with Crippen LogP contribution in [-0.4, -0.2) is 30.5 Å². The fraction of sp³-hybridized carbons (Fsp3) is 0.350. The molecule has 2 aromatic rings. The van der Waals surface area contributed by atoms with E-state index in [2.05, 4.69) is 17.0 Å². The minimum atomic E-state index is -3.04. The monoisotopic (exact) mass is 405 g/mol. The molecule has 0 aliphatic carbocycles. The predicted octanol–water partition coefficient (Wildman–Crippen LogP) is 4.68. The number of piperidine rings is 1. The van der Waals surface area contributed by atoms with Gasteiger partial charge in [-0.1, -0.05) is 19.1 Å². The highest BCUT2D eigenvalue weighted by Crippen LogP contribution is 2.33. The van der Waals surface area contributed by atoms with Gasteiger partial charge in [-0.25, -0.2) is 0 Å². The third-order valence-corrected chi connectivity index (χ3v) is 4.78. The number of hydrogen-bond donors (Lipinski definition) is 1. The van der Waals surface area contributed by atoms with Crippen LogP contribution in [-0.2, 0) is 0 Å². The lowest BCUT2D eigenvalue weighted by atomic mass is 9.99. The number of carbonyl (C=O) groups is 1. The Hall–Kier alpha value is -3.23. The van der Waals surface area contributed by atoms with Crippen LogP contribution in [0.2, 0.25) is 0 Å². The number of nitrogens with one attached hydrogen (secondary N) is 1. The zero-order valence-electron chi connectivity index (χ0n) is 15.8. The number of alkyl halides is 2. The molecule has 0 spiro atoms. The molecule has 1 saturated heterocycles. The lowest BCUT2D eigenvalue weighted by molar-refractivity contribution is -0.384. The van der Waals surface area contributed by atoms with E-state index in [9.17, 15) is 23.7 Å². The Balaban J connectivity index is 1.85. The first kappa shape index (κ1) is 20.5. The summed E-state index contributed by atoms with van der Waals surface area (Å²) in [5.74, 6) is -0.418. The largest absolute Gasteiger partial charge is 0.433 e. The lowest BCUT2D eigenvalue weighted by Crippen LogP contribution is -2.34. The molecule has 2 aromatic carbocycles. The quantitative estimate of drug-likeness (QED) is 0.557. The minimum Gasteiger partial charge on any atom is -0.433 e. The zero-order chi connectivity index (χ0) is 21.0. The van der Waals surface area contributed by atoms with Crippen LogP contribution in [0.15, 0.2) is 42.5 Å². The molecule has 0 radical (unpaired) electrons. The van der Waals surface area contributed by atoms with Gasteiger partial charge >= 0.3 is 6.61 Å². The van der Waals surface area contributed by atoms with Crippen LogP contribution in [0.5, 0.6) is 5.75 Å². The summed E-state index contributed by atoms with van der Waals surface area (Å²) in [7, 11) is 0. The number of carbonyl (C=O) groups excluding carboxylic acids is 1. The molecule has 0 aromatic heterocycles. The van der Waals surface area contributed by atoms with Gasteiger partial charge in [0, 0.05) is 24.7 Å². The van der Waals surface area contributed by atoms with Gasteiger partial charge in [0.2, 0.25) is 0 Å². The van der Waals surface area contributed by atoms with Crippen molar-refractivity contribution in [3.05, 3.63) is 58.1 Å². The molecule has 154 valence electrons. The standard InChI is InChI=1S/C20H21F2N3O4/c1-13-5-4-10-24(12-13)16-9-8-14(11-17(16)25(27)28)19(26)23-15-6-2-3-7-18(15)29-20(21)22/h2-3,6-9,11,13,20H,4-5,10,12H2,1H3,(H,23,26)/t13-/m0/s1. The molecular formula is C20H21F2N3O4. The molecule has 1 aliphatic rings. The normalized spacial score (nSPS) is 16.6. The molecule has 1 aliphatic heterocycles. The summed E-state index contributed by atoms with van der Waals surface area (Å²) in [5, 5.41) is 14.1. The molecule has 0 bridgehead atoms. The van der Waals surface area contributed by atoms with Crippen LogP contribution in [0, 0.1) is 16.0 Å². The molecule has 1 atom stereocenters. The second-order valence-electron chi connectivity index (χ2n) is 6.98. The summed E-state index contributed by atoms with van der Waals surface area (Å²) in [5.41, 5.74) is 0.412. The Morgan fingerprint density at radius 1 is 1.31 bits per heavy atom. The number of nitro groups is 1. The fourth-order valence-corrected chi connectivity index (χ4v) is 3.45. The highest BCUT2D eigenvalue weighted by atomic mass is 19.3. The van der Waals surface area contributed by atoms with Crippen LogP contribution in [0.25, 0.3) is 0 Å². The second-order valence-corrected chi connectivity index (χ2v) is 6.98. The van der Waals surface area contributed by atoms with Gasteiger partial charge in [-0.2, -0.15) is 8.78 Å². The van der Waals surface area contributed by atoms with E-state index in [0.29, 0.717) is 18.2 Å². The molecule has 0 saturated carbocycles. The van der Waals surface area contributed by atoms with Gasteiger partial charge in [0.25, 0.3) is 11.6 Å². The van der Waals surface area contributed by atoms with E-state index < -0.39 is 17.4 Å². The van der Waals surface area contributed by atoms with Crippen LogP contribution >= 0.6 is 0 Å². The molecule has 9 heteroatoms. The van der Waals surface area contributed by atoms with Gasteiger partial charge in [-0.15, -0.1) is 0 Å². The number of amides is 1. The van der Waals surface area contributed by atoms with E-state index in [1.54, 1.807) is 12.1 Å². The van der Waals surface area contributed by atoms with Crippen molar-refractivity contribution in [2.45, 2.75) is 26.4 Å². The van der Waals surface area contributed by atoms with Crippen LogP contribution in [0.3, 0.4) is 0 Å². The van der Waals surface area contributed by atoms with Crippen molar-refractivity contribution in [2.24, 2.45) is 5.92 Å². The number of rotatable bonds is 6. The number of ether oxygens (including phenoxy) is 1. The summed E-state index contributed by atoms with van der Waals surface area (Å²) in [6, 6.07) is 10.0. The zero-order valence-corrected chi connectivity index (χ0v) is 15.8. The maximum atomic E-state index is 12.6. The number of halogens is 2. The minimum absolute atomic E-state index is 0.0504. The van der Waals surface area contributed by atoms with Crippen molar-refractivity contribution >= 4 is 23.0 Å². The molecule has 7 nitrogen and oxygen atoms in total. The summed E-state index contributed by atoms with van der Waals surface area (Å²) in [6.45, 7) is 0.485. The third kappa shape index (κ3) is 4.98. The van der Waals surface area contributed by atoms with E-state index in [-0.39, 0.29) is 22.7 Å². The summed E-state index contributed by atoms with van der Waals surface area (Å²) in [6.07, 6.45) is 2.02. The van der Waals surface area contributed by atoms with Crippen molar-refractivity contribution in [3.8, 4) is 5.75 Å². The lowest BCUT2D eigenvalue weighted by Gasteiger charge is -2.32. The summed E-state index contributed by atoms with van der Waals surface area (Å²) in [4.78, 5) is 25.6. The Bertz CT molecular complexity index is 907. The first-order valence-electron chi connectivity index (χ1n) is 9.23. The molecule has 3 rings (SSSR count). The third-order valence-electron chi connectivity index (χ3n) is 4.78. The van der Waals surface area contributed by atoms with Gasteiger partial charge in [0.1, 0.15) is 11.4 Å². The van der Waals surface area contributed by atoms with Crippen molar-refractivity contribution in [1.29, 1.82) is 0 Å². The van der Waals surface area contributed by atoms with Crippen LogP contribution < -0.4 is 15.0 Å². The van der Waals surface area contributed by atoms with Gasteiger partial charge < -0.3 is 15.0 Å². The number of nitrogens with zero attached hydrogens (tertiary/aromatic N) is 2. The summed E-state index contributed by atoms with van der Waals surface area (Å²) >= 11 is 0. The van der Waals surface area contributed by atoms with Crippen LogP contribution in [0.4, 0.5) is 25.8 Å². The molecule has 1 amide bonds. The number of anilines is 2. The average Bonchev–Trinajstić information content (AvgIpc) is 2.68. The molecular weight excluding hydrogens is 384 g/mol. The Morgan fingerprint density at radius 2 is 2.07 bits per heavy atom. The van der Waals surface area contributed by atoms with E-state index in [1.807, 2.05) is 4.90 Å². The first-order valence-corrected chi connectivity index (χ1v) is 9.23. The maximum Gasteiger partial charge on any atom is 0.387 e. The highest BCUT2D eigenvalue weighted by Gasteiger charge is 2.25. The van der Waals surface area contributed by atoms with Gasteiger partial charge in [-0.05, 0) is 43.0 Å². The molecule has 0 unspecified atom stereocenters. The van der Waals surface area contributed by atoms with E-state index in [1.165, 1.54) is 30.3 Å². The van der Waals surface area contributed by atoms with E-state index in [0.717, 1.165) is 19.4 Å².